The Labute approximate surface area is 256 Å². The van der Waals surface area contributed by atoms with Crippen molar-refractivity contribution in [2.75, 3.05) is 6.61 Å². The molecule has 0 amide bonds. The molecule has 0 saturated carbocycles. The third-order valence-electron chi connectivity index (χ3n) is 9.05. The normalized spacial score (nSPS) is 19.3. The molecule has 3 rings (SSSR count). The molecule has 0 bridgehead atoms. The fourth-order valence-corrected chi connectivity index (χ4v) is 6.28. The lowest BCUT2D eigenvalue weighted by molar-refractivity contribution is -0.284. The maximum Gasteiger partial charge on any atom is 0.453 e. The first kappa shape index (κ1) is 35.4. The average molecular weight is 629 g/mol. The molecule has 0 aromatic heterocycles. The smallest absolute Gasteiger partial charge is 0.453 e. The highest BCUT2D eigenvalue weighted by atomic mass is 19.4. The zero-order valence-corrected chi connectivity index (χ0v) is 25.4. The number of aromatic hydroxyl groups is 2. The number of carbonyl (C=O) groups is 1. The van der Waals surface area contributed by atoms with Crippen LogP contribution in [0.25, 0.3) is 0 Å². The molecule has 1 aliphatic heterocycles. The summed E-state index contributed by atoms with van der Waals surface area (Å²) in [6.07, 6.45) is 1.77. The van der Waals surface area contributed by atoms with Gasteiger partial charge in [-0.15, -0.1) is 0 Å². The number of aliphatic carboxylic acids is 1. The molecule has 3 N–H and O–H groups in total. The van der Waals surface area contributed by atoms with E-state index in [9.17, 15) is 42.1 Å². The Kier molecular flexibility index (Phi) is 12.7. The molecule has 5 nitrogen and oxygen atoms in total. The number of halogens is 5. The maximum absolute atomic E-state index is 13.0. The third-order valence-corrected chi connectivity index (χ3v) is 9.05. The predicted molar refractivity (Wildman–Crippen MR) is 159 cm³/mol. The first-order chi connectivity index (χ1) is 20.7. The summed E-state index contributed by atoms with van der Waals surface area (Å²) in [6.45, 7) is 2.64. The number of alkyl halides is 5. The summed E-state index contributed by atoms with van der Waals surface area (Å²) >= 11 is 0. The van der Waals surface area contributed by atoms with Gasteiger partial charge in [-0.05, 0) is 55.0 Å². The van der Waals surface area contributed by atoms with E-state index in [-0.39, 0.29) is 42.1 Å². The van der Waals surface area contributed by atoms with E-state index in [4.69, 9.17) is 4.74 Å². The quantitative estimate of drug-likeness (QED) is 0.113. The van der Waals surface area contributed by atoms with Crippen molar-refractivity contribution in [1.82, 2.24) is 0 Å². The molecule has 1 aliphatic rings. The summed E-state index contributed by atoms with van der Waals surface area (Å²) in [5.74, 6) is -5.01. The van der Waals surface area contributed by atoms with Gasteiger partial charge in [-0.2, -0.15) is 22.0 Å². The second-order valence-electron chi connectivity index (χ2n) is 12.4. The van der Waals surface area contributed by atoms with Gasteiger partial charge < -0.3 is 20.1 Å². The van der Waals surface area contributed by atoms with Crippen LogP contribution in [0.5, 0.6) is 17.2 Å². The van der Waals surface area contributed by atoms with E-state index >= 15 is 0 Å². The van der Waals surface area contributed by atoms with E-state index in [1.54, 1.807) is 24.3 Å². The van der Waals surface area contributed by atoms with Crippen molar-refractivity contribution in [1.29, 1.82) is 0 Å². The predicted octanol–water partition coefficient (Wildman–Crippen LogP) is 9.89. The highest BCUT2D eigenvalue weighted by Gasteiger charge is 2.56. The Morgan fingerprint density at radius 2 is 1.39 bits per heavy atom. The van der Waals surface area contributed by atoms with Crippen molar-refractivity contribution in [2.24, 2.45) is 5.92 Å². The fourth-order valence-electron chi connectivity index (χ4n) is 6.28. The van der Waals surface area contributed by atoms with Gasteiger partial charge in [-0.3, -0.25) is 4.79 Å². The van der Waals surface area contributed by atoms with E-state index in [0.717, 1.165) is 62.5 Å². The van der Waals surface area contributed by atoms with Crippen molar-refractivity contribution in [3.8, 4) is 17.2 Å². The van der Waals surface area contributed by atoms with Crippen LogP contribution in [0.1, 0.15) is 114 Å². The lowest BCUT2D eigenvalue weighted by Crippen LogP contribution is -2.40. The molecule has 0 fully saturated rings. The largest absolute Gasteiger partial charge is 0.508 e. The molecule has 2 aromatic rings. The number of rotatable bonds is 18. The van der Waals surface area contributed by atoms with Crippen molar-refractivity contribution >= 4 is 5.97 Å². The number of unbranched alkanes of at least 4 members (excludes halogenated alkanes) is 8. The van der Waals surface area contributed by atoms with Crippen molar-refractivity contribution in [2.45, 2.75) is 120 Å². The molecule has 0 saturated heterocycles. The molecule has 1 heterocycles. The first-order valence-electron chi connectivity index (χ1n) is 15.7. The average Bonchev–Trinajstić information content (AvgIpc) is 2.95. The Hall–Kier alpha value is -3.04. The Balaban J connectivity index is 1.36. The van der Waals surface area contributed by atoms with Gasteiger partial charge in [0.1, 0.15) is 17.2 Å². The molecule has 44 heavy (non-hydrogen) atoms. The number of carboxylic acid groups (broad SMARTS) is 1. The van der Waals surface area contributed by atoms with Gasteiger partial charge >= 0.3 is 18.1 Å². The second kappa shape index (κ2) is 15.8. The number of fused-ring (bicyclic) bond motifs is 1. The Morgan fingerprint density at radius 3 is 1.98 bits per heavy atom. The number of hydrogen-bond donors (Lipinski definition) is 3. The molecule has 246 valence electrons. The van der Waals surface area contributed by atoms with E-state index in [2.05, 4.69) is 6.92 Å². The molecular formula is C34H45F5O5. The van der Waals surface area contributed by atoms with E-state index in [1.165, 1.54) is 0 Å². The summed E-state index contributed by atoms with van der Waals surface area (Å²) in [6, 6.07) is 12.5. The summed E-state index contributed by atoms with van der Waals surface area (Å²) in [4.78, 5) is 11.6. The monoisotopic (exact) mass is 628 g/mol. The van der Waals surface area contributed by atoms with Crippen LogP contribution < -0.4 is 4.74 Å². The Bertz CT molecular complexity index is 1180. The molecule has 2 aromatic carbocycles. The van der Waals surface area contributed by atoms with Crippen LogP contribution in [0.2, 0.25) is 0 Å². The molecule has 3 atom stereocenters. The van der Waals surface area contributed by atoms with Crippen LogP contribution in [-0.4, -0.2) is 40.0 Å². The SMILES string of the molecule is CC1(c2ccc(O)cc2)COc2cc(O)ccc2C1CCCCCCCCCC(CCCCCC(F)(F)C(F)(F)F)C(=O)O. The van der Waals surface area contributed by atoms with E-state index < -0.39 is 30.4 Å². The number of phenols is 2. The topological polar surface area (TPSA) is 87.0 Å². The molecule has 0 aliphatic carbocycles. The minimum absolute atomic E-state index is 0.144. The molecule has 3 unspecified atom stereocenters. The number of hydrogen-bond acceptors (Lipinski definition) is 4. The molecule has 0 spiro atoms. The fraction of sp³-hybridized carbons (Fsp3) is 0.618. The van der Waals surface area contributed by atoms with Crippen molar-refractivity contribution in [3.05, 3.63) is 53.6 Å². The van der Waals surface area contributed by atoms with Crippen LogP contribution in [0.4, 0.5) is 22.0 Å². The van der Waals surface area contributed by atoms with Gasteiger partial charge in [0.25, 0.3) is 0 Å². The van der Waals surface area contributed by atoms with Crippen LogP contribution >= 0.6 is 0 Å². The zero-order chi connectivity index (χ0) is 32.4. The van der Waals surface area contributed by atoms with Crippen LogP contribution in [0.3, 0.4) is 0 Å². The highest BCUT2D eigenvalue weighted by Crippen LogP contribution is 2.50. The first-order valence-corrected chi connectivity index (χ1v) is 15.7. The van der Waals surface area contributed by atoms with Gasteiger partial charge in [0.05, 0.1) is 12.5 Å². The zero-order valence-electron chi connectivity index (χ0n) is 25.4. The summed E-state index contributed by atoms with van der Waals surface area (Å²) < 4.78 is 68.8. The van der Waals surface area contributed by atoms with Gasteiger partial charge in [0, 0.05) is 23.8 Å². The lowest BCUT2D eigenvalue weighted by Gasteiger charge is -2.43. The second-order valence-corrected chi connectivity index (χ2v) is 12.4. The molecule has 0 radical (unpaired) electrons. The molecular weight excluding hydrogens is 583 g/mol. The number of benzene rings is 2. The number of carboxylic acids is 1. The third kappa shape index (κ3) is 9.73. The van der Waals surface area contributed by atoms with Gasteiger partial charge in [-0.25, -0.2) is 0 Å². The van der Waals surface area contributed by atoms with Crippen LogP contribution in [0.15, 0.2) is 42.5 Å². The summed E-state index contributed by atoms with van der Waals surface area (Å²) in [5, 5.41) is 29.2. The van der Waals surface area contributed by atoms with Gasteiger partial charge in [-0.1, -0.05) is 82.9 Å². The van der Waals surface area contributed by atoms with Gasteiger partial charge in [0.2, 0.25) is 0 Å². The minimum Gasteiger partial charge on any atom is -0.508 e. The maximum atomic E-state index is 13.0. The Morgan fingerprint density at radius 1 is 0.841 bits per heavy atom. The lowest BCUT2D eigenvalue weighted by atomic mass is 9.66. The number of phenolic OH excluding ortho intramolecular Hbond substituents is 2. The standard InChI is InChI=1S/C34H45F5O5/c1-32(25-15-17-26(40)18-16-25)23-44-30-22-27(41)19-20-28(30)29(32)14-10-6-4-2-3-5-8-12-24(31(42)43)13-9-7-11-21-33(35,36)34(37,38)39/h15-20,22,24,29,40-41H,2-14,21,23H2,1H3,(H,42,43). The van der Waals surface area contributed by atoms with Crippen LogP contribution in [-0.2, 0) is 10.2 Å². The number of ether oxygens (including phenoxy) is 1. The highest BCUT2D eigenvalue weighted by molar-refractivity contribution is 5.69. The summed E-state index contributed by atoms with van der Waals surface area (Å²) in [5.41, 5.74) is 1.85. The van der Waals surface area contributed by atoms with Crippen molar-refractivity contribution < 1.29 is 46.8 Å². The minimum atomic E-state index is -5.55. The molecule has 10 heteroatoms. The van der Waals surface area contributed by atoms with Crippen LogP contribution in [0, 0.1) is 5.92 Å². The van der Waals surface area contributed by atoms with E-state index in [0.29, 0.717) is 25.2 Å². The van der Waals surface area contributed by atoms with Gasteiger partial charge in [0.15, 0.2) is 0 Å². The van der Waals surface area contributed by atoms with Crippen molar-refractivity contribution in [3.63, 3.8) is 0 Å². The van der Waals surface area contributed by atoms with E-state index in [1.807, 2.05) is 18.2 Å². The summed E-state index contributed by atoms with van der Waals surface area (Å²) in [7, 11) is 0.